The zero-order chi connectivity index (χ0) is 13.0. The second-order valence-corrected chi connectivity index (χ2v) is 6.00. The van der Waals surface area contributed by atoms with Crippen LogP contribution in [0, 0.1) is 13.8 Å². The highest BCUT2D eigenvalue weighted by atomic mass is 32.1. The Balaban J connectivity index is 1.79. The fraction of sp³-hybridized carbons (Fsp3) is 0.267. The third kappa shape index (κ3) is 1.60. The van der Waals surface area contributed by atoms with Crippen LogP contribution in [-0.2, 0) is 6.42 Å². The average Bonchev–Trinajstić information content (AvgIpc) is 3.05. The highest BCUT2D eigenvalue weighted by molar-refractivity contribution is 7.18. The topological polar surface area (TPSA) is 35.3 Å². The summed E-state index contributed by atoms with van der Waals surface area (Å²) in [5.74, 6) is 0.651. The van der Waals surface area contributed by atoms with E-state index in [0.717, 1.165) is 22.5 Å². The molecule has 1 unspecified atom stereocenters. The Kier molecular flexibility index (Phi) is 2.23. The van der Waals surface area contributed by atoms with Gasteiger partial charge in [-0.05, 0) is 31.0 Å². The number of nitrogens with zero attached hydrogens (tertiary/aromatic N) is 1. The third-order valence-electron chi connectivity index (χ3n) is 3.60. The van der Waals surface area contributed by atoms with Gasteiger partial charge < -0.3 is 9.15 Å². The zero-order valence-electron chi connectivity index (χ0n) is 10.8. The van der Waals surface area contributed by atoms with Gasteiger partial charge in [0.1, 0.15) is 5.01 Å². The van der Waals surface area contributed by atoms with E-state index in [1.165, 1.54) is 15.8 Å². The molecule has 1 aliphatic rings. The van der Waals surface area contributed by atoms with Gasteiger partial charge in [0, 0.05) is 12.0 Å². The van der Waals surface area contributed by atoms with Crippen molar-refractivity contribution in [1.29, 1.82) is 0 Å². The normalized spacial score (nSPS) is 17.7. The Morgan fingerprint density at radius 2 is 2.05 bits per heavy atom. The van der Waals surface area contributed by atoms with Crippen molar-refractivity contribution in [3.63, 3.8) is 0 Å². The van der Waals surface area contributed by atoms with Gasteiger partial charge in [-0.1, -0.05) is 12.1 Å². The number of hydrogen-bond donors (Lipinski definition) is 0. The van der Waals surface area contributed by atoms with E-state index >= 15 is 0 Å². The second kappa shape index (κ2) is 3.84. The molecule has 0 spiro atoms. The van der Waals surface area contributed by atoms with Gasteiger partial charge >= 0.3 is 0 Å². The SMILES string of the molecule is Cc1ccc(C)c2sc(C3Cc4ccoc4O3)nc12. The summed E-state index contributed by atoms with van der Waals surface area (Å²) in [6.07, 6.45) is 2.53. The van der Waals surface area contributed by atoms with Gasteiger partial charge in [0.05, 0.1) is 16.5 Å². The molecule has 1 aliphatic heterocycles. The van der Waals surface area contributed by atoms with E-state index in [4.69, 9.17) is 14.1 Å². The molecule has 96 valence electrons. The molecule has 0 aliphatic carbocycles. The van der Waals surface area contributed by atoms with E-state index in [2.05, 4.69) is 26.0 Å². The number of rotatable bonds is 1. The lowest BCUT2D eigenvalue weighted by molar-refractivity contribution is 0.187. The van der Waals surface area contributed by atoms with Crippen molar-refractivity contribution in [1.82, 2.24) is 4.98 Å². The maximum absolute atomic E-state index is 5.82. The summed E-state index contributed by atoms with van der Waals surface area (Å²) in [5.41, 5.74) is 4.74. The maximum Gasteiger partial charge on any atom is 0.288 e. The molecule has 0 radical (unpaired) electrons. The van der Waals surface area contributed by atoms with Crippen molar-refractivity contribution in [2.45, 2.75) is 26.4 Å². The molecule has 19 heavy (non-hydrogen) atoms. The first-order chi connectivity index (χ1) is 9.22. The molecule has 3 aromatic rings. The van der Waals surface area contributed by atoms with Crippen molar-refractivity contribution >= 4 is 21.6 Å². The van der Waals surface area contributed by atoms with Crippen molar-refractivity contribution in [2.24, 2.45) is 0 Å². The van der Waals surface area contributed by atoms with Crippen LogP contribution in [0.3, 0.4) is 0 Å². The summed E-state index contributed by atoms with van der Waals surface area (Å²) in [6.45, 7) is 4.23. The van der Waals surface area contributed by atoms with Crippen LogP contribution in [0.5, 0.6) is 5.95 Å². The van der Waals surface area contributed by atoms with Gasteiger partial charge in [0.15, 0.2) is 6.10 Å². The molecule has 0 bridgehead atoms. The molecule has 1 atom stereocenters. The number of aryl methyl sites for hydroxylation is 2. The Morgan fingerprint density at radius 1 is 1.21 bits per heavy atom. The van der Waals surface area contributed by atoms with E-state index in [9.17, 15) is 0 Å². The van der Waals surface area contributed by atoms with Crippen molar-refractivity contribution in [3.05, 3.63) is 46.2 Å². The monoisotopic (exact) mass is 271 g/mol. The lowest BCUT2D eigenvalue weighted by atomic mass is 10.1. The average molecular weight is 271 g/mol. The van der Waals surface area contributed by atoms with Crippen LogP contribution in [-0.4, -0.2) is 4.98 Å². The van der Waals surface area contributed by atoms with Gasteiger partial charge in [-0.15, -0.1) is 11.3 Å². The fourth-order valence-corrected chi connectivity index (χ4v) is 3.64. The molecule has 0 N–H and O–H groups in total. The lowest BCUT2D eigenvalue weighted by Gasteiger charge is -2.05. The van der Waals surface area contributed by atoms with Crippen molar-refractivity contribution in [2.75, 3.05) is 0 Å². The quantitative estimate of drug-likeness (QED) is 0.666. The first-order valence-corrected chi connectivity index (χ1v) is 7.13. The van der Waals surface area contributed by atoms with Crippen LogP contribution in [0.15, 0.2) is 28.9 Å². The van der Waals surface area contributed by atoms with E-state index in [1.807, 2.05) is 6.07 Å². The zero-order valence-corrected chi connectivity index (χ0v) is 11.6. The lowest BCUT2D eigenvalue weighted by Crippen LogP contribution is -2.02. The molecular formula is C15H13NO2S. The number of furan rings is 1. The van der Waals surface area contributed by atoms with Crippen LogP contribution in [0.25, 0.3) is 10.2 Å². The third-order valence-corrected chi connectivity index (χ3v) is 4.88. The van der Waals surface area contributed by atoms with Gasteiger partial charge in [-0.25, -0.2) is 4.98 Å². The number of benzene rings is 1. The fourth-order valence-electron chi connectivity index (χ4n) is 2.50. The molecular weight excluding hydrogens is 258 g/mol. The van der Waals surface area contributed by atoms with Gasteiger partial charge in [-0.2, -0.15) is 0 Å². The largest absolute Gasteiger partial charge is 0.454 e. The molecule has 3 heterocycles. The summed E-state index contributed by atoms with van der Waals surface area (Å²) in [7, 11) is 0. The maximum atomic E-state index is 5.82. The first-order valence-electron chi connectivity index (χ1n) is 6.32. The Hall–Kier alpha value is -1.81. The van der Waals surface area contributed by atoms with Crippen LogP contribution in [0.2, 0.25) is 0 Å². The molecule has 4 rings (SSSR count). The van der Waals surface area contributed by atoms with E-state index in [1.54, 1.807) is 17.6 Å². The summed E-state index contributed by atoms with van der Waals surface area (Å²) in [4.78, 5) is 4.77. The Morgan fingerprint density at radius 3 is 2.84 bits per heavy atom. The number of thiazole rings is 1. The van der Waals surface area contributed by atoms with Crippen LogP contribution >= 0.6 is 11.3 Å². The summed E-state index contributed by atoms with van der Waals surface area (Å²) >= 11 is 1.73. The Labute approximate surface area is 114 Å². The van der Waals surface area contributed by atoms with Crippen molar-refractivity contribution < 1.29 is 9.15 Å². The predicted octanol–water partition coefficient (Wildman–Crippen LogP) is 4.18. The standard InChI is InChI=1S/C15H13NO2S/c1-8-3-4-9(2)13-12(8)16-14(19-13)11-7-10-5-6-17-15(10)18-11/h3-6,11H,7H2,1-2H3. The highest BCUT2D eigenvalue weighted by Gasteiger charge is 2.29. The van der Waals surface area contributed by atoms with E-state index < -0.39 is 0 Å². The van der Waals surface area contributed by atoms with Gasteiger partial charge in [-0.3, -0.25) is 0 Å². The summed E-state index contributed by atoms with van der Waals surface area (Å²) in [5, 5.41) is 1.04. The second-order valence-electron chi connectivity index (χ2n) is 4.97. The van der Waals surface area contributed by atoms with Crippen molar-refractivity contribution in [3.8, 4) is 5.95 Å². The number of fused-ring (bicyclic) bond motifs is 2. The number of ether oxygens (including phenoxy) is 1. The predicted molar refractivity (Wildman–Crippen MR) is 74.9 cm³/mol. The highest BCUT2D eigenvalue weighted by Crippen LogP contribution is 2.40. The molecule has 0 fully saturated rings. The van der Waals surface area contributed by atoms with E-state index in [0.29, 0.717) is 5.95 Å². The Bertz CT molecular complexity index is 712. The molecule has 4 heteroatoms. The number of aromatic nitrogens is 1. The van der Waals surface area contributed by atoms with Crippen LogP contribution in [0.1, 0.15) is 27.8 Å². The minimum absolute atomic E-state index is 0.00569. The molecule has 0 saturated carbocycles. The molecule has 1 aromatic carbocycles. The molecule has 0 amide bonds. The molecule has 3 nitrogen and oxygen atoms in total. The van der Waals surface area contributed by atoms with E-state index in [-0.39, 0.29) is 6.10 Å². The summed E-state index contributed by atoms with van der Waals surface area (Å²) < 4.78 is 12.4. The van der Waals surface area contributed by atoms with Crippen LogP contribution in [0.4, 0.5) is 0 Å². The smallest absolute Gasteiger partial charge is 0.288 e. The van der Waals surface area contributed by atoms with Gasteiger partial charge in [0.25, 0.3) is 5.95 Å². The van der Waals surface area contributed by atoms with Crippen LogP contribution < -0.4 is 4.74 Å². The minimum atomic E-state index is 0.00569. The number of hydrogen-bond acceptors (Lipinski definition) is 4. The first kappa shape index (κ1) is 11.1. The summed E-state index contributed by atoms with van der Waals surface area (Å²) in [6, 6.07) is 6.25. The molecule has 2 aromatic heterocycles. The van der Waals surface area contributed by atoms with Gasteiger partial charge in [0.2, 0.25) is 0 Å². The minimum Gasteiger partial charge on any atom is -0.454 e. The molecule has 0 saturated heterocycles.